The van der Waals surface area contributed by atoms with E-state index in [0.717, 1.165) is 0 Å². The second-order valence-electron chi connectivity index (χ2n) is 8.93. The molecule has 0 heteroatoms. The largest absolute Gasteiger partial charge is 0.0616 e. The Balaban J connectivity index is 1.71. The van der Waals surface area contributed by atoms with Gasteiger partial charge in [-0.15, -0.1) is 0 Å². The van der Waals surface area contributed by atoms with Gasteiger partial charge >= 0.3 is 0 Å². The second-order valence-corrected chi connectivity index (χ2v) is 8.93. The molecule has 0 N–H and O–H groups in total. The third-order valence-electron chi connectivity index (χ3n) is 7.03. The normalized spacial score (nSPS) is 11.5. The minimum atomic E-state index is 1.27. The Labute approximate surface area is 198 Å². The van der Waals surface area contributed by atoms with E-state index >= 15 is 0 Å². The van der Waals surface area contributed by atoms with Crippen LogP contribution in [0, 0.1) is 0 Å². The Bertz CT molecular complexity index is 1850. The summed E-state index contributed by atoms with van der Waals surface area (Å²) in [5, 5.41) is 10.3. The number of rotatable bonds is 2. The van der Waals surface area contributed by atoms with Gasteiger partial charge in [-0.1, -0.05) is 127 Å². The lowest BCUT2D eigenvalue weighted by atomic mass is 9.85. The molecular formula is C34H22. The van der Waals surface area contributed by atoms with Crippen molar-refractivity contribution in [3.8, 4) is 22.3 Å². The van der Waals surface area contributed by atoms with Crippen molar-refractivity contribution in [3.05, 3.63) is 133 Å². The molecule has 7 rings (SSSR count). The summed E-state index contributed by atoms with van der Waals surface area (Å²) < 4.78 is 0. The number of hydrogen-bond acceptors (Lipinski definition) is 0. The van der Waals surface area contributed by atoms with E-state index in [0.29, 0.717) is 0 Å². The lowest BCUT2D eigenvalue weighted by Gasteiger charge is -2.18. The van der Waals surface area contributed by atoms with Crippen LogP contribution in [0.3, 0.4) is 0 Å². The molecule has 0 fully saturated rings. The SMILES string of the molecule is c1ccc2c(-c3cccc4cc5ccccc5c(-c5cccc6ccccc56)c34)cccc2c1. The molecule has 0 aliphatic carbocycles. The number of fused-ring (bicyclic) bond motifs is 4. The van der Waals surface area contributed by atoms with Gasteiger partial charge in [-0.3, -0.25) is 0 Å². The van der Waals surface area contributed by atoms with Gasteiger partial charge in [0.1, 0.15) is 0 Å². The van der Waals surface area contributed by atoms with E-state index in [9.17, 15) is 0 Å². The molecule has 0 bridgehead atoms. The molecule has 34 heavy (non-hydrogen) atoms. The Morgan fingerprint density at radius 2 is 0.765 bits per heavy atom. The molecule has 0 atom stereocenters. The van der Waals surface area contributed by atoms with E-state index < -0.39 is 0 Å². The molecular weight excluding hydrogens is 408 g/mol. The quantitative estimate of drug-likeness (QED) is 0.239. The molecule has 0 unspecified atom stereocenters. The van der Waals surface area contributed by atoms with Crippen molar-refractivity contribution in [1.82, 2.24) is 0 Å². The fourth-order valence-corrected chi connectivity index (χ4v) is 5.53. The first-order chi connectivity index (χ1) is 16.9. The van der Waals surface area contributed by atoms with E-state index in [1.54, 1.807) is 0 Å². The summed E-state index contributed by atoms with van der Waals surface area (Å²) in [4.78, 5) is 0. The van der Waals surface area contributed by atoms with Crippen molar-refractivity contribution in [2.45, 2.75) is 0 Å². The maximum absolute atomic E-state index is 2.34. The van der Waals surface area contributed by atoms with Gasteiger partial charge in [0.2, 0.25) is 0 Å². The molecule has 0 spiro atoms. The maximum Gasteiger partial charge on any atom is -0.00143 e. The average molecular weight is 431 g/mol. The van der Waals surface area contributed by atoms with Gasteiger partial charge in [0.15, 0.2) is 0 Å². The van der Waals surface area contributed by atoms with Gasteiger partial charge in [0.05, 0.1) is 0 Å². The Hall–Kier alpha value is -4.42. The van der Waals surface area contributed by atoms with Crippen LogP contribution in [0.4, 0.5) is 0 Å². The van der Waals surface area contributed by atoms with Crippen LogP contribution < -0.4 is 0 Å². The highest BCUT2D eigenvalue weighted by Crippen LogP contribution is 2.44. The molecule has 7 aromatic rings. The second kappa shape index (κ2) is 7.57. The maximum atomic E-state index is 2.34. The Morgan fingerprint density at radius 1 is 0.294 bits per heavy atom. The summed E-state index contributed by atoms with van der Waals surface area (Å²) in [5.74, 6) is 0. The summed E-state index contributed by atoms with van der Waals surface area (Å²) in [7, 11) is 0. The van der Waals surface area contributed by atoms with Crippen molar-refractivity contribution in [2.75, 3.05) is 0 Å². The molecule has 0 saturated carbocycles. The van der Waals surface area contributed by atoms with E-state index in [1.165, 1.54) is 65.3 Å². The van der Waals surface area contributed by atoms with E-state index in [-0.39, 0.29) is 0 Å². The van der Waals surface area contributed by atoms with Crippen molar-refractivity contribution in [1.29, 1.82) is 0 Å². The molecule has 158 valence electrons. The van der Waals surface area contributed by atoms with Crippen molar-refractivity contribution >= 4 is 43.1 Å². The Morgan fingerprint density at radius 3 is 1.47 bits per heavy atom. The van der Waals surface area contributed by atoms with Crippen molar-refractivity contribution in [3.63, 3.8) is 0 Å². The zero-order valence-electron chi connectivity index (χ0n) is 18.7. The van der Waals surface area contributed by atoms with Crippen LogP contribution in [0.15, 0.2) is 133 Å². The fraction of sp³-hybridized carbons (Fsp3) is 0. The minimum absolute atomic E-state index is 1.27. The van der Waals surface area contributed by atoms with Gasteiger partial charge in [0, 0.05) is 0 Å². The topological polar surface area (TPSA) is 0 Å². The van der Waals surface area contributed by atoms with Crippen LogP contribution in [0.5, 0.6) is 0 Å². The standard InChI is InChI=1S/C34H22/c1-4-16-27-23(10-1)13-7-19-30(27)32-21-9-15-26-22-25-12-3-6-18-29(25)34(33(26)32)31-20-8-14-24-11-2-5-17-28(24)31/h1-22H. The van der Waals surface area contributed by atoms with E-state index in [2.05, 4.69) is 133 Å². The van der Waals surface area contributed by atoms with Gasteiger partial charge in [0.25, 0.3) is 0 Å². The van der Waals surface area contributed by atoms with Gasteiger partial charge < -0.3 is 0 Å². The summed E-state index contributed by atoms with van der Waals surface area (Å²) in [6, 6.07) is 48.6. The first-order valence-electron chi connectivity index (χ1n) is 11.8. The van der Waals surface area contributed by atoms with Crippen LogP contribution in [0.1, 0.15) is 0 Å². The third-order valence-corrected chi connectivity index (χ3v) is 7.03. The lowest BCUT2D eigenvalue weighted by Crippen LogP contribution is -1.91. The van der Waals surface area contributed by atoms with Crippen LogP contribution in [-0.4, -0.2) is 0 Å². The first kappa shape index (κ1) is 19.1. The zero-order valence-corrected chi connectivity index (χ0v) is 18.7. The number of hydrogen-bond donors (Lipinski definition) is 0. The van der Waals surface area contributed by atoms with Crippen LogP contribution in [0.25, 0.3) is 65.3 Å². The fourth-order valence-electron chi connectivity index (χ4n) is 5.53. The number of benzene rings is 7. The molecule has 0 aliphatic rings. The van der Waals surface area contributed by atoms with Crippen molar-refractivity contribution < 1.29 is 0 Å². The summed E-state index contributed by atoms with van der Waals surface area (Å²) in [5.41, 5.74) is 5.16. The van der Waals surface area contributed by atoms with Crippen molar-refractivity contribution in [2.24, 2.45) is 0 Å². The molecule has 0 amide bonds. The molecule has 0 saturated heterocycles. The average Bonchev–Trinajstić information content (AvgIpc) is 2.91. The lowest BCUT2D eigenvalue weighted by molar-refractivity contribution is 1.68. The molecule has 0 radical (unpaired) electrons. The molecule has 7 aromatic carbocycles. The molecule has 0 aromatic heterocycles. The van der Waals surface area contributed by atoms with Crippen LogP contribution in [0.2, 0.25) is 0 Å². The zero-order chi connectivity index (χ0) is 22.5. The predicted octanol–water partition coefficient (Wildman–Crippen LogP) is 9.63. The monoisotopic (exact) mass is 430 g/mol. The van der Waals surface area contributed by atoms with Gasteiger partial charge in [-0.05, 0) is 71.4 Å². The molecule has 0 nitrogen and oxygen atoms in total. The Kier molecular flexibility index (Phi) is 4.25. The first-order valence-corrected chi connectivity index (χ1v) is 11.8. The van der Waals surface area contributed by atoms with Crippen LogP contribution in [-0.2, 0) is 0 Å². The highest BCUT2D eigenvalue weighted by Gasteiger charge is 2.17. The summed E-state index contributed by atoms with van der Waals surface area (Å²) >= 11 is 0. The van der Waals surface area contributed by atoms with Crippen LogP contribution >= 0.6 is 0 Å². The molecule has 0 aliphatic heterocycles. The predicted molar refractivity (Wildman–Crippen MR) is 147 cm³/mol. The van der Waals surface area contributed by atoms with Gasteiger partial charge in [-0.25, -0.2) is 0 Å². The molecule has 0 heterocycles. The highest BCUT2D eigenvalue weighted by molar-refractivity contribution is 6.21. The minimum Gasteiger partial charge on any atom is -0.0616 e. The summed E-state index contributed by atoms with van der Waals surface area (Å²) in [6.07, 6.45) is 0. The highest BCUT2D eigenvalue weighted by atomic mass is 14.2. The summed E-state index contributed by atoms with van der Waals surface area (Å²) in [6.45, 7) is 0. The van der Waals surface area contributed by atoms with E-state index in [4.69, 9.17) is 0 Å². The third kappa shape index (κ3) is 2.86. The van der Waals surface area contributed by atoms with Gasteiger partial charge in [-0.2, -0.15) is 0 Å². The smallest absolute Gasteiger partial charge is 0.00143 e. The van der Waals surface area contributed by atoms with E-state index in [1.807, 2.05) is 0 Å².